The number of hydrogen-bond acceptors (Lipinski definition) is 4. The van der Waals surface area contributed by atoms with Crippen LogP contribution in [-0.4, -0.2) is 44.6 Å². The van der Waals surface area contributed by atoms with Gasteiger partial charge in [0.15, 0.2) is 9.84 Å². The van der Waals surface area contributed by atoms with Crippen LogP contribution in [0.4, 0.5) is 0 Å². The van der Waals surface area contributed by atoms with Gasteiger partial charge in [-0.25, -0.2) is 8.42 Å². The maximum Gasteiger partial charge on any atom is 0.254 e. The molecule has 0 radical (unpaired) electrons. The Labute approximate surface area is 160 Å². The molecule has 140 valence electrons. The number of amides is 1. The third-order valence-electron chi connectivity index (χ3n) is 4.75. The molecule has 0 unspecified atom stereocenters. The molecule has 1 amide bonds. The second-order valence-corrected chi connectivity index (χ2v) is 8.66. The SMILES string of the molecule is Cc1ccc(S(C)(=O)=O)cc1C(=O)N1C[C@@H](N)[C@H](c2ccccc2)C1.Cl. The number of nitrogens with zero attached hydrogens (tertiary/aromatic N) is 1. The molecule has 0 saturated carbocycles. The number of nitrogens with two attached hydrogens (primary N) is 1. The molecule has 2 N–H and O–H groups in total. The highest BCUT2D eigenvalue weighted by atomic mass is 35.5. The Morgan fingerprint density at radius 1 is 1.12 bits per heavy atom. The van der Waals surface area contributed by atoms with E-state index < -0.39 is 9.84 Å². The topological polar surface area (TPSA) is 80.5 Å². The molecule has 1 fully saturated rings. The number of rotatable bonds is 3. The van der Waals surface area contributed by atoms with Crippen molar-refractivity contribution in [1.29, 1.82) is 0 Å². The Morgan fingerprint density at radius 3 is 2.38 bits per heavy atom. The van der Waals surface area contributed by atoms with Gasteiger partial charge in [0.05, 0.1) is 4.90 Å². The lowest BCUT2D eigenvalue weighted by Crippen LogP contribution is -2.32. The van der Waals surface area contributed by atoms with E-state index in [1.807, 2.05) is 37.3 Å². The lowest BCUT2D eigenvalue weighted by Gasteiger charge is -2.18. The van der Waals surface area contributed by atoms with Gasteiger partial charge < -0.3 is 10.6 Å². The molecule has 1 saturated heterocycles. The van der Waals surface area contributed by atoms with Crippen molar-refractivity contribution in [2.75, 3.05) is 19.3 Å². The van der Waals surface area contributed by atoms with Gasteiger partial charge >= 0.3 is 0 Å². The smallest absolute Gasteiger partial charge is 0.254 e. The monoisotopic (exact) mass is 394 g/mol. The number of aryl methyl sites for hydroxylation is 1. The first-order valence-electron chi connectivity index (χ1n) is 8.18. The number of likely N-dealkylation sites (tertiary alicyclic amines) is 1. The molecular formula is C19H23ClN2O3S. The summed E-state index contributed by atoms with van der Waals surface area (Å²) < 4.78 is 23.6. The zero-order chi connectivity index (χ0) is 18.2. The largest absolute Gasteiger partial charge is 0.336 e. The van der Waals surface area contributed by atoms with Crippen LogP contribution in [0.1, 0.15) is 27.4 Å². The number of sulfone groups is 1. The molecule has 0 spiro atoms. The van der Waals surface area contributed by atoms with Crippen LogP contribution in [-0.2, 0) is 9.84 Å². The molecule has 1 aliphatic rings. The summed E-state index contributed by atoms with van der Waals surface area (Å²) in [5.74, 6) is -0.0829. The van der Waals surface area contributed by atoms with Gasteiger partial charge in [-0.2, -0.15) is 0 Å². The van der Waals surface area contributed by atoms with Crippen molar-refractivity contribution in [1.82, 2.24) is 4.90 Å². The van der Waals surface area contributed by atoms with Gasteiger partial charge in [-0.05, 0) is 30.2 Å². The Hall–Kier alpha value is -1.89. The highest BCUT2D eigenvalue weighted by Gasteiger charge is 2.34. The third-order valence-corrected chi connectivity index (χ3v) is 5.86. The summed E-state index contributed by atoms with van der Waals surface area (Å²) in [6, 6.07) is 14.5. The molecule has 3 rings (SSSR count). The zero-order valence-corrected chi connectivity index (χ0v) is 16.4. The number of benzene rings is 2. The van der Waals surface area contributed by atoms with Gasteiger partial charge in [0.2, 0.25) is 0 Å². The van der Waals surface area contributed by atoms with Gasteiger partial charge in [-0.1, -0.05) is 36.4 Å². The van der Waals surface area contributed by atoms with Gasteiger partial charge in [0, 0.05) is 36.9 Å². The number of halogens is 1. The molecule has 5 nitrogen and oxygen atoms in total. The van der Waals surface area contributed by atoms with Gasteiger partial charge in [-0.3, -0.25) is 4.79 Å². The molecular weight excluding hydrogens is 372 g/mol. The van der Waals surface area contributed by atoms with Crippen molar-refractivity contribution in [3.8, 4) is 0 Å². The van der Waals surface area contributed by atoms with Crippen LogP contribution < -0.4 is 5.73 Å². The molecule has 7 heteroatoms. The predicted octanol–water partition coefficient (Wildman–Crippen LogP) is 2.39. The fraction of sp³-hybridized carbons (Fsp3) is 0.316. The summed E-state index contributed by atoms with van der Waals surface area (Å²) in [5.41, 5.74) is 8.56. The number of carbonyl (C=O) groups excluding carboxylic acids is 1. The standard InChI is InChI=1S/C19H22N2O3S.ClH/c1-13-8-9-15(25(2,23)24)10-16(13)19(22)21-11-17(18(20)12-21)14-6-4-3-5-7-14;/h3-10,17-18H,11-12,20H2,1-2H3;1H/t17-,18+;/m0./s1. The summed E-state index contributed by atoms with van der Waals surface area (Å²) >= 11 is 0. The van der Waals surface area contributed by atoms with E-state index in [2.05, 4.69) is 0 Å². The summed E-state index contributed by atoms with van der Waals surface area (Å²) in [4.78, 5) is 14.8. The van der Waals surface area contributed by atoms with E-state index in [1.54, 1.807) is 11.0 Å². The molecule has 2 aromatic carbocycles. The van der Waals surface area contributed by atoms with E-state index >= 15 is 0 Å². The number of carbonyl (C=O) groups is 1. The van der Waals surface area contributed by atoms with Crippen LogP contribution in [0.5, 0.6) is 0 Å². The summed E-state index contributed by atoms with van der Waals surface area (Å²) in [7, 11) is -3.36. The fourth-order valence-corrected chi connectivity index (χ4v) is 3.93. The Balaban J connectivity index is 0.00000243. The highest BCUT2D eigenvalue weighted by molar-refractivity contribution is 7.90. The maximum absolute atomic E-state index is 12.9. The van der Waals surface area contributed by atoms with Crippen LogP contribution >= 0.6 is 12.4 Å². The molecule has 2 atom stereocenters. The van der Waals surface area contributed by atoms with Crippen molar-refractivity contribution < 1.29 is 13.2 Å². The lowest BCUT2D eigenvalue weighted by molar-refractivity contribution is 0.0788. The first-order valence-corrected chi connectivity index (χ1v) is 10.1. The van der Waals surface area contributed by atoms with Crippen molar-refractivity contribution >= 4 is 28.2 Å². The maximum atomic E-state index is 12.9. The minimum Gasteiger partial charge on any atom is -0.336 e. The quantitative estimate of drug-likeness (QED) is 0.866. The highest BCUT2D eigenvalue weighted by Crippen LogP contribution is 2.28. The normalized spacial score (nSPS) is 19.9. The second-order valence-electron chi connectivity index (χ2n) is 6.64. The van der Waals surface area contributed by atoms with Crippen molar-refractivity contribution in [3.63, 3.8) is 0 Å². The molecule has 1 heterocycles. The molecule has 26 heavy (non-hydrogen) atoms. The average Bonchev–Trinajstić information content (AvgIpc) is 2.96. The minimum absolute atomic E-state index is 0. The average molecular weight is 395 g/mol. The van der Waals surface area contributed by atoms with Gasteiger partial charge in [0.1, 0.15) is 0 Å². The van der Waals surface area contributed by atoms with Crippen LogP contribution in [0.3, 0.4) is 0 Å². The second kappa shape index (κ2) is 7.78. The fourth-order valence-electron chi connectivity index (χ4n) is 3.28. The van der Waals surface area contributed by atoms with Crippen LogP contribution in [0, 0.1) is 6.92 Å². The van der Waals surface area contributed by atoms with Crippen LogP contribution in [0.25, 0.3) is 0 Å². The molecule has 0 aliphatic carbocycles. The van der Waals surface area contributed by atoms with Gasteiger partial charge in [-0.15, -0.1) is 12.4 Å². The summed E-state index contributed by atoms with van der Waals surface area (Å²) in [6.07, 6.45) is 1.14. The Morgan fingerprint density at radius 2 is 1.77 bits per heavy atom. The first kappa shape index (κ1) is 20.4. The molecule has 2 aromatic rings. The van der Waals surface area contributed by atoms with Gasteiger partial charge in [0.25, 0.3) is 5.91 Å². The number of hydrogen-bond donors (Lipinski definition) is 1. The minimum atomic E-state index is -3.36. The lowest BCUT2D eigenvalue weighted by atomic mass is 9.95. The first-order chi connectivity index (χ1) is 11.8. The van der Waals surface area contributed by atoms with Crippen LogP contribution in [0.15, 0.2) is 53.4 Å². The van der Waals surface area contributed by atoms with E-state index in [0.717, 1.165) is 17.4 Å². The van der Waals surface area contributed by atoms with E-state index in [0.29, 0.717) is 18.7 Å². The Kier molecular flexibility index (Phi) is 6.11. The zero-order valence-electron chi connectivity index (χ0n) is 14.8. The van der Waals surface area contributed by atoms with Crippen LogP contribution in [0.2, 0.25) is 0 Å². The Bertz CT molecular complexity index is 900. The van der Waals surface area contributed by atoms with E-state index in [-0.39, 0.29) is 35.2 Å². The predicted molar refractivity (Wildman–Crippen MR) is 105 cm³/mol. The third kappa shape index (κ3) is 4.09. The summed E-state index contributed by atoms with van der Waals surface area (Å²) in [6.45, 7) is 2.80. The summed E-state index contributed by atoms with van der Waals surface area (Å²) in [5, 5.41) is 0. The van der Waals surface area contributed by atoms with Crippen molar-refractivity contribution in [2.24, 2.45) is 5.73 Å². The molecule has 1 aliphatic heterocycles. The molecule has 0 aromatic heterocycles. The van der Waals surface area contributed by atoms with Crippen molar-refractivity contribution in [3.05, 3.63) is 65.2 Å². The van der Waals surface area contributed by atoms with Crippen molar-refractivity contribution in [2.45, 2.75) is 23.8 Å². The van der Waals surface area contributed by atoms with E-state index in [1.165, 1.54) is 12.1 Å². The van der Waals surface area contributed by atoms with E-state index in [9.17, 15) is 13.2 Å². The molecule has 0 bridgehead atoms. The van der Waals surface area contributed by atoms with E-state index in [4.69, 9.17) is 5.73 Å².